The van der Waals surface area contributed by atoms with Gasteiger partial charge in [-0.25, -0.2) is 13.8 Å². The summed E-state index contributed by atoms with van der Waals surface area (Å²) in [5, 5.41) is 10.9. The van der Waals surface area contributed by atoms with Crippen LogP contribution in [0.2, 0.25) is 0 Å². The molecule has 0 radical (unpaired) electrons. The van der Waals surface area contributed by atoms with Gasteiger partial charge in [-0.15, -0.1) is 0 Å². The first kappa shape index (κ1) is 12.2. The summed E-state index contributed by atoms with van der Waals surface area (Å²) in [4.78, 5) is 0. The lowest BCUT2D eigenvalue weighted by atomic mass is 10.2. The van der Waals surface area contributed by atoms with Crippen LogP contribution >= 0.6 is 0 Å². The standard InChI is InChI=1S/C11H14F2N2O2/c12-9-5-8(6-10(13)11(9)16)7-14-15-1-3-17-4-2-15/h5-6,14,16H,1-4,7H2. The predicted octanol–water partition coefficient (Wildman–Crippen LogP) is 1.01. The van der Waals surface area contributed by atoms with E-state index < -0.39 is 17.4 Å². The molecule has 1 aromatic carbocycles. The molecule has 0 atom stereocenters. The van der Waals surface area contributed by atoms with E-state index in [0.717, 1.165) is 25.2 Å². The number of halogens is 2. The van der Waals surface area contributed by atoms with Crippen LogP contribution in [0.3, 0.4) is 0 Å². The first-order valence-electron chi connectivity index (χ1n) is 5.40. The summed E-state index contributed by atoms with van der Waals surface area (Å²) in [5.74, 6) is -2.81. The number of hydrogen-bond acceptors (Lipinski definition) is 4. The summed E-state index contributed by atoms with van der Waals surface area (Å²) in [6.07, 6.45) is 0. The first-order chi connectivity index (χ1) is 8.16. The van der Waals surface area contributed by atoms with Crippen LogP contribution in [0.5, 0.6) is 5.75 Å². The molecule has 1 fully saturated rings. The molecule has 17 heavy (non-hydrogen) atoms. The number of aromatic hydroxyl groups is 1. The predicted molar refractivity (Wildman–Crippen MR) is 57.3 cm³/mol. The van der Waals surface area contributed by atoms with E-state index in [9.17, 15) is 8.78 Å². The van der Waals surface area contributed by atoms with Gasteiger partial charge in [-0.3, -0.25) is 5.43 Å². The number of ether oxygens (including phenoxy) is 1. The molecule has 1 saturated heterocycles. The van der Waals surface area contributed by atoms with E-state index in [-0.39, 0.29) is 0 Å². The van der Waals surface area contributed by atoms with Crippen LogP contribution in [-0.2, 0) is 11.3 Å². The smallest absolute Gasteiger partial charge is 0.187 e. The van der Waals surface area contributed by atoms with Gasteiger partial charge < -0.3 is 9.84 Å². The fourth-order valence-electron chi connectivity index (χ4n) is 1.64. The minimum absolute atomic E-state index is 0.314. The molecule has 0 aromatic heterocycles. The molecule has 0 bridgehead atoms. The van der Waals surface area contributed by atoms with Gasteiger partial charge in [-0.2, -0.15) is 0 Å². The van der Waals surface area contributed by atoms with Crippen LogP contribution in [0.1, 0.15) is 5.56 Å². The van der Waals surface area contributed by atoms with Gasteiger partial charge in [0.25, 0.3) is 0 Å². The lowest BCUT2D eigenvalue weighted by Gasteiger charge is -2.27. The Labute approximate surface area is 97.8 Å². The van der Waals surface area contributed by atoms with E-state index in [0.29, 0.717) is 25.3 Å². The zero-order valence-electron chi connectivity index (χ0n) is 9.25. The minimum atomic E-state index is -0.941. The summed E-state index contributed by atoms with van der Waals surface area (Å²) >= 11 is 0. The number of hydrogen-bond donors (Lipinski definition) is 2. The molecule has 0 aliphatic carbocycles. The Kier molecular flexibility index (Phi) is 3.88. The van der Waals surface area contributed by atoms with Crippen LogP contribution in [0, 0.1) is 11.6 Å². The van der Waals surface area contributed by atoms with Crippen molar-refractivity contribution in [1.29, 1.82) is 0 Å². The zero-order valence-corrected chi connectivity index (χ0v) is 9.25. The molecule has 2 N–H and O–H groups in total. The average Bonchev–Trinajstić information content (AvgIpc) is 2.34. The molecule has 0 amide bonds. The first-order valence-corrected chi connectivity index (χ1v) is 5.40. The Morgan fingerprint density at radius 2 is 1.82 bits per heavy atom. The third-order valence-corrected chi connectivity index (χ3v) is 2.59. The number of morpholine rings is 1. The maximum Gasteiger partial charge on any atom is 0.187 e. The number of phenols is 1. The minimum Gasteiger partial charge on any atom is -0.503 e. The third-order valence-electron chi connectivity index (χ3n) is 2.59. The van der Waals surface area contributed by atoms with Crippen molar-refractivity contribution in [3.63, 3.8) is 0 Å². The van der Waals surface area contributed by atoms with Gasteiger partial charge in [-0.05, 0) is 17.7 Å². The van der Waals surface area contributed by atoms with Crippen molar-refractivity contribution in [2.45, 2.75) is 6.54 Å². The van der Waals surface area contributed by atoms with Crippen LogP contribution in [0.4, 0.5) is 8.78 Å². The van der Waals surface area contributed by atoms with Crippen LogP contribution < -0.4 is 5.43 Å². The molecular weight excluding hydrogens is 230 g/mol. The molecule has 6 heteroatoms. The summed E-state index contributed by atoms with van der Waals surface area (Å²) in [5.41, 5.74) is 3.50. The van der Waals surface area contributed by atoms with Gasteiger partial charge in [-0.1, -0.05) is 0 Å². The van der Waals surface area contributed by atoms with Crippen molar-refractivity contribution in [3.05, 3.63) is 29.3 Å². The average molecular weight is 244 g/mol. The van der Waals surface area contributed by atoms with E-state index in [1.165, 1.54) is 0 Å². The molecule has 2 rings (SSSR count). The van der Waals surface area contributed by atoms with Crippen LogP contribution in [0.25, 0.3) is 0 Å². The number of nitrogens with zero attached hydrogens (tertiary/aromatic N) is 1. The van der Waals surface area contributed by atoms with Gasteiger partial charge in [0.15, 0.2) is 17.4 Å². The SMILES string of the molecule is Oc1c(F)cc(CNN2CCOCC2)cc1F. The molecule has 1 aliphatic heterocycles. The molecule has 1 aromatic rings. The number of hydrazine groups is 1. The highest BCUT2D eigenvalue weighted by molar-refractivity contribution is 5.29. The normalized spacial score (nSPS) is 17.3. The third kappa shape index (κ3) is 3.12. The van der Waals surface area contributed by atoms with Crippen LogP contribution in [-0.4, -0.2) is 36.4 Å². The number of rotatable bonds is 3. The lowest BCUT2D eigenvalue weighted by Crippen LogP contribution is -2.45. The maximum atomic E-state index is 13.1. The Balaban J connectivity index is 1.94. The van der Waals surface area contributed by atoms with Crippen molar-refractivity contribution in [1.82, 2.24) is 10.4 Å². The fourth-order valence-corrected chi connectivity index (χ4v) is 1.64. The van der Waals surface area contributed by atoms with E-state index in [4.69, 9.17) is 9.84 Å². The van der Waals surface area contributed by atoms with E-state index in [1.54, 1.807) is 0 Å². The van der Waals surface area contributed by atoms with E-state index >= 15 is 0 Å². The highest BCUT2D eigenvalue weighted by atomic mass is 19.1. The Morgan fingerprint density at radius 1 is 1.24 bits per heavy atom. The van der Waals surface area contributed by atoms with Gasteiger partial charge in [0, 0.05) is 19.6 Å². The van der Waals surface area contributed by atoms with Gasteiger partial charge in [0.05, 0.1) is 13.2 Å². The molecular formula is C11H14F2N2O2. The molecule has 1 aliphatic rings. The second-order valence-corrected chi connectivity index (χ2v) is 3.84. The highest BCUT2D eigenvalue weighted by Crippen LogP contribution is 2.21. The zero-order chi connectivity index (χ0) is 12.3. The lowest BCUT2D eigenvalue weighted by molar-refractivity contribution is 0.0105. The van der Waals surface area contributed by atoms with Gasteiger partial charge in [0.1, 0.15) is 0 Å². The molecule has 1 heterocycles. The quantitative estimate of drug-likeness (QED) is 0.833. The number of nitrogens with one attached hydrogen (secondary N) is 1. The van der Waals surface area contributed by atoms with Crippen molar-refractivity contribution < 1.29 is 18.6 Å². The summed E-state index contributed by atoms with van der Waals surface area (Å²) in [7, 11) is 0. The highest BCUT2D eigenvalue weighted by Gasteiger charge is 2.12. The monoisotopic (exact) mass is 244 g/mol. The van der Waals surface area contributed by atoms with Gasteiger partial charge in [0.2, 0.25) is 0 Å². The summed E-state index contributed by atoms with van der Waals surface area (Å²) in [6, 6.07) is 2.23. The Bertz CT molecular complexity index is 372. The number of phenolic OH excluding ortho intramolecular Hbond substituents is 1. The van der Waals surface area contributed by atoms with Crippen molar-refractivity contribution in [2.24, 2.45) is 0 Å². The molecule has 94 valence electrons. The fraction of sp³-hybridized carbons (Fsp3) is 0.455. The second kappa shape index (κ2) is 5.39. The Hall–Kier alpha value is -1.24. The summed E-state index contributed by atoms with van der Waals surface area (Å²) < 4.78 is 31.3. The van der Waals surface area contributed by atoms with Crippen molar-refractivity contribution in [2.75, 3.05) is 26.3 Å². The maximum absolute atomic E-state index is 13.1. The van der Waals surface area contributed by atoms with Gasteiger partial charge >= 0.3 is 0 Å². The summed E-state index contributed by atoms with van der Waals surface area (Å²) in [6.45, 7) is 3.08. The molecule has 0 saturated carbocycles. The number of benzene rings is 1. The van der Waals surface area contributed by atoms with Crippen LogP contribution in [0.15, 0.2) is 12.1 Å². The van der Waals surface area contributed by atoms with Crippen molar-refractivity contribution in [3.8, 4) is 5.75 Å². The largest absolute Gasteiger partial charge is 0.503 e. The molecule has 0 spiro atoms. The molecule has 4 nitrogen and oxygen atoms in total. The van der Waals surface area contributed by atoms with Crippen molar-refractivity contribution >= 4 is 0 Å². The Morgan fingerprint density at radius 3 is 2.41 bits per heavy atom. The topological polar surface area (TPSA) is 44.7 Å². The molecule has 0 unspecified atom stereocenters. The second-order valence-electron chi connectivity index (χ2n) is 3.84. The van der Waals surface area contributed by atoms with E-state index in [2.05, 4.69) is 5.43 Å². The van der Waals surface area contributed by atoms with E-state index in [1.807, 2.05) is 5.01 Å².